The van der Waals surface area contributed by atoms with Crippen molar-refractivity contribution in [3.05, 3.63) is 35.4 Å². The number of halogens is 1. The van der Waals surface area contributed by atoms with E-state index in [2.05, 4.69) is 24.4 Å². The molecule has 0 bridgehead atoms. The van der Waals surface area contributed by atoms with Gasteiger partial charge in [0.1, 0.15) is 0 Å². The van der Waals surface area contributed by atoms with Crippen molar-refractivity contribution in [1.82, 2.24) is 5.32 Å². The van der Waals surface area contributed by atoms with E-state index in [-0.39, 0.29) is 24.4 Å². The van der Waals surface area contributed by atoms with Gasteiger partial charge in [-0.25, -0.2) is 0 Å². The molecule has 0 saturated carbocycles. The van der Waals surface area contributed by atoms with Crippen LogP contribution in [0.1, 0.15) is 45.2 Å². The van der Waals surface area contributed by atoms with Crippen LogP contribution in [-0.2, 0) is 16.6 Å². The van der Waals surface area contributed by atoms with Gasteiger partial charge in [-0.2, -0.15) is 0 Å². The van der Waals surface area contributed by atoms with Crippen molar-refractivity contribution in [2.24, 2.45) is 5.73 Å². The average molecular weight is 299 g/mol. The first-order valence-corrected chi connectivity index (χ1v) is 7.01. The third kappa shape index (κ3) is 5.14. The van der Waals surface area contributed by atoms with Crippen molar-refractivity contribution >= 4 is 18.3 Å². The van der Waals surface area contributed by atoms with Crippen LogP contribution >= 0.6 is 12.4 Å². The Hall–Kier alpha value is -1.06. The van der Waals surface area contributed by atoms with E-state index >= 15 is 0 Å². The first-order chi connectivity index (χ1) is 8.87. The largest absolute Gasteiger partial charge is 0.355 e. The summed E-state index contributed by atoms with van der Waals surface area (Å²) in [7, 11) is 0. The zero-order valence-corrected chi connectivity index (χ0v) is 13.7. The number of carbonyl (C=O) groups excluding carboxylic acids is 1. The lowest BCUT2D eigenvalue weighted by Crippen LogP contribution is -2.41. The Morgan fingerprint density at radius 2 is 1.85 bits per heavy atom. The van der Waals surface area contributed by atoms with E-state index in [0.717, 1.165) is 18.4 Å². The number of rotatable bonds is 6. The van der Waals surface area contributed by atoms with Crippen LogP contribution in [-0.4, -0.2) is 18.5 Å². The Kier molecular flexibility index (Phi) is 7.84. The summed E-state index contributed by atoms with van der Waals surface area (Å²) < 4.78 is 0. The van der Waals surface area contributed by atoms with E-state index in [1.165, 1.54) is 5.56 Å². The third-order valence-electron chi connectivity index (χ3n) is 3.54. The first-order valence-electron chi connectivity index (χ1n) is 7.01. The number of benzene rings is 1. The van der Waals surface area contributed by atoms with E-state index < -0.39 is 5.41 Å². The van der Waals surface area contributed by atoms with E-state index in [4.69, 9.17) is 5.73 Å². The summed E-state index contributed by atoms with van der Waals surface area (Å²) in [6.07, 6.45) is 1.82. The van der Waals surface area contributed by atoms with Gasteiger partial charge in [-0.15, -0.1) is 12.4 Å². The molecule has 1 rings (SSSR count). The second-order valence-electron chi connectivity index (χ2n) is 5.70. The summed E-state index contributed by atoms with van der Waals surface area (Å²) in [5.74, 6) is 0.0531. The molecule has 0 heterocycles. The number of nitrogens with two attached hydrogens (primary N) is 1. The van der Waals surface area contributed by atoms with Gasteiger partial charge in [0.15, 0.2) is 0 Å². The molecule has 0 aromatic heterocycles. The van der Waals surface area contributed by atoms with E-state index in [9.17, 15) is 4.79 Å². The zero-order chi connectivity index (χ0) is 14.5. The first kappa shape index (κ1) is 18.9. The molecule has 4 heteroatoms. The van der Waals surface area contributed by atoms with Crippen LogP contribution in [0.3, 0.4) is 0 Å². The molecule has 1 unspecified atom stereocenters. The van der Waals surface area contributed by atoms with Crippen LogP contribution in [0.4, 0.5) is 0 Å². The highest BCUT2D eigenvalue weighted by molar-refractivity contribution is 5.87. The van der Waals surface area contributed by atoms with Gasteiger partial charge in [0, 0.05) is 12.6 Å². The Labute approximate surface area is 128 Å². The molecule has 1 amide bonds. The normalized spacial score (nSPS) is 12.4. The fourth-order valence-corrected chi connectivity index (χ4v) is 1.92. The Bertz CT molecular complexity index is 413. The summed E-state index contributed by atoms with van der Waals surface area (Å²) in [6, 6.07) is 8.39. The highest BCUT2D eigenvalue weighted by Crippen LogP contribution is 2.23. The van der Waals surface area contributed by atoms with E-state index in [1.807, 2.05) is 32.9 Å². The van der Waals surface area contributed by atoms with Gasteiger partial charge in [-0.05, 0) is 44.7 Å². The molecule has 0 fully saturated rings. The fourth-order valence-electron chi connectivity index (χ4n) is 1.92. The van der Waals surface area contributed by atoms with Crippen molar-refractivity contribution in [2.45, 2.75) is 52.0 Å². The van der Waals surface area contributed by atoms with E-state index in [0.29, 0.717) is 6.54 Å². The molecule has 1 atom stereocenters. The topological polar surface area (TPSA) is 55.1 Å². The van der Waals surface area contributed by atoms with Crippen LogP contribution in [0.15, 0.2) is 24.3 Å². The molecule has 0 aliphatic carbocycles. The smallest absolute Gasteiger partial charge is 0.230 e. The van der Waals surface area contributed by atoms with Gasteiger partial charge < -0.3 is 11.1 Å². The SMILES string of the molecule is CCc1ccc(C(C)(C)C(=O)NCCC(C)N)cc1.Cl. The molecular weight excluding hydrogens is 272 g/mol. The molecule has 20 heavy (non-hydrogen) atoms. The summed E-state index contributed by atoms with van der Waals surface area (Å²) in [5, 5.41) is 2.96. The highest BCUT2D eigenvalue weighted by atomic mass is 35.5. The minimum Gasteiger partial charge on any atom is -0.355 e. The molecule has 0 spiro atoms. The maximum Gasteiger partial charge on any atom is 0.230 e. The maximum atomic E-state index is 12.2. The predicted molar refractivity (Wildman–Crippen MR) is 87.4 cm³/mol. The van der Waals surface area contributed by atoms with Crippen molar-refractivity contribution < 1.29 is 4.79 Å². The lowest BCUT2D eigenvalue weighted by molar-refractivity contribution is -0.125. The molecule has 114 valence electrons. The molecule has 0 radical (unpaired) electrons. The highest BCUT2D eigenvalue weighted by Gasteiger charge is 2.29. The van der Waals surface area contributed by atoms with Gasteiger partial charge in [0.05, 0.1) is 5.41 Å². The third-order valence-corrected chi connectivity index (χ3v) is 3.54. The van der Waals surface area contributed by atoms with Gasteiger partial charge in [0.25, 0.3) is 0 Å². The molecule has 0 aliphatic heterocycles. The fraction of sp³-hybridized carbons (Fsp3) is 0.562. The van der Waals surface area contributed by atoms with Gasteiger partial charge in [-0.3, -0.25) is 4.79 Å². The minimum absolute atomic E-state index is 0. The number of amides is 1. The molecular formula is C16H27ClN2O. The maximum absolute atomic E-state index is 12.2. The number of aryl methyl sites for hydroxylation is 1. The monoisotopic (exact) mass is 298 g/mol. The summed E-state index contributed by atoms with van der Waals surface area (Å²) in [5.41, 5.74) is 7.50. The van der Waals surface area contributed by atoms with Gasteiger partial charge in [0.2, 0.25) is 5.91 Å². The average Bonchev–Trinajstić information content (AvgIpc) is 2.38. The van der Waals surface area contributed by atoms with Crippen molar-refractivity contribution in [3.63, 3.8) is 0 Å². The molecule has 3 N–H and O–H groups in total. The molecule has 1 aromatic rings. The van der Waals surface area contributed by atoms with Crippen LogP contribution in [0, 0.1) is 0 Å². The Morgan fingerprint density at radius 1 is 1.30 bits per heavy atom. The van der Waals surface area contributed by atoms with Crippen molar-refractivity contribution in [3.8, 4) is 0 Å². The lowest BCUT2D eigenvalue weighted by Gasteiger charge is -2.24. The molecule has 1 aromatic carbocycles. The quantitative estimate of drug-likeness (QED) is 0.848. The second-order valence-corrected chi connectivity index (χ2v) is 5.70. The Balaban J connectivity index is 0.00000361. The zero-order valence-electron chi connectivity index (χ0n) is 12.9. The van der Waals surface area contributed by atoms with Gasteiger partial charge in [-0.1, -0.05) is 31.2 Å². The van der Waals surface area contributed by atoms with Crippen molar-refractivity contribution in [1.29, 1.82) is 0 Å². The minimum atomic E-state index is -0.510. The standard InChI is InChI=1S/C16H26N2O.ClH/c1-5-13-6-8-14(9-7-13)16(3,4)15(19)18-11-10-12(2)17;/h6-9,12H,5,10-11,17H2,1-4H3,(H,18,19);1H. The van der Waals surface area contributed by atoms with Crippen LogP contribution in [0.5, 0.6) is 0 Å². The Morgan fingerprint density at radius 3 is 2.30 bits per heavy atom. The summed E-state index contributed by atoms with van der Waals surface area (Å²) in [6.45, 7) is 8.61. The predicted octanol–water partition coefficient (Wildman–Crippen LogP) is 2.80. The molecule has 3 nitrogen and oxygen atoms in total. The van der Waals surface area contributed by atoms with E-state index in [1.54, 1.807) is 0 Å². The number of carbonyl (C=O) groups is 1. The summed E-state index contributed by atoms with van der Waals surface area (Å²) >= 11 is 0. The summed E-state index contributed by atoms with van der Waals surface area (Å²) in [4.78, 5) is 12.2. The lowest BCUT2D eigenvalue weighted by atomic mass is 9.83. The van der Waals surface area contributed by atoms with Crippen LogP contribution in [0.25, 0.3) is 0 Å². The number of hydrogen-bond donors (Lipinski definition) is 2. The number of nitrogens with one attached hydrogen (secondary N) is 1. The van der Waals surface area contributed by atoms with Crippen LogP contribution < -0.4 is 11.1 Å². The second kappa shape index (κ2) is 8.28. The van der Waals surface area contributed by atoms with Crippen molar-refractivity contribution in [2.75, 3.05) is 6.54 Å². The molecule has 0 saturated heterocycles. The van der Waals surface area contributed by atoms with Crippen LogP contribution in [0.2, 0.25) is 0 Å². The number of hydrogen-bond acceptors (Lipinski definition) is 2. The van der Waals surface area contributed by atoms with Gasteiger partial charge >= 0.3 is 0 Å². The molecule has 0 aliphatic rings.